The number of benzene rings is 4. The van der Waals surface area contributed by atoms with Crippen molar-refractivity contribution in [3.05, 3.63) is 125 Å². The highest BCUT2D eigenvalue weighted by atomic mass is 16.5. The summed E-state index contributed by atoms with van der Waals surface area (Å²) in [5, 5.41) is 7.06. The molecule has 1 aliphatic rings. The molecule has 192 valence electrons. The number of rotatable bonds is 5. The second-order valence-electron chi connectivity index (χ2n) is 10.4. The molecule has 0 saturated carbocycles. The number of aryl methyl sites for hydroxylation is 1. The van der Waals surface area contributed by atoms with E-state index in [1.54, 1.807) is 10.8 Å². The lowest BCUT2D eigenvalue weighted by Gasteiger charge is -2.29. The number of nitrogens with zero attached hydrogens (tertiary/aromatic N) is 4. The van der Waals surface area contributed by atoms with E-state index in [0.717, 1.165) is 44.8 Å². The first kappa shape index (κ1) is 23.4. The van der Waals surface area contributed by atoms with E-state index in [-0.39, 0.29) is 12.5 Å². The molecule has 0 saturated heterocycles. The Morgan fingerprint density at radius 1 is 0.923 bits per heavy atom. The Hall–Kier alpha value is -4.71. The van der Waals surface area contributed by atoms with Crippen molar-refractivity contribution in [1.82, 2.24) is 19.6 Å². The van der Waals surface area contributed by atoms with Crippen molar-refractivity contribution in [2.75, 3.05) is 0 Å². The largest absolute Gasteiger partial charge is 0.485 e. The molecule has 0 bridgehead atoms. The zero-order valence-corrected chi connectivity index (χ0v) is 22.1. The molecule has 3 heterocycles. The van der Waals surface area contributed by atoms with Crippen molar-refractivity contribution in [3.8, 4) is 17.4 Å². The summed E-state index contributed by atoms with van der Waals surface area (Å²) in [5.41, 5.74) is 6.22. The first-order valence-corrected chi connectivity index (χ1v) is 13.3. The molecule has 7 rings (SSSR count). The maximum Gasteiger partial charge on any atom is 0.228 e. The van der Waals surface area contributed by atoms with Crippen LogP contribution in [0.3, 0.4) is 0 Å². The Kier molecular flexibility index (Phi) is 5.55. The summed E-state index contributed by atoms with van der Waals surface area (Å²) in [6.45, 7) is 6.67. The molecular formula is C33H28N4O2. The molecule has 6 aromatic rings. The molecule has 1 unspecified atom stereocenters. The Morgan fingerprint density at radius 3 is 2.59 bits per heavy atom. The minimum atomic E-state index is -0.116. The molecule has 0 amide bonds. The van der Waals surface area contributed by atoms with Crippen molar-refractivity contribution in [1.29, 1.82) is 0 Å². The van der Waals surface area contributed by atoms with Crippen LogP contribution in [-0.2, 0) is 6.61 Å². The third kappa shape index (κ3) is 4.00. The molecular weight excluding hydrogens is 484 g/mol. The van der Waals surface area contributed by atoms with E-state index in [9.17, 15) is 0 Å². The molecule has 2 aromatic heterocycles. The number of fused-ring (bicyclic) bond motifs is 6. The van der Waals surface area contributed by atoms with Gasteiger partial charge in [-0.3, -0.25) is 0 Å². The molecule has 0 radical (unpaired) electrons. The van der Waals surface area contributed by atoms with Gasteiger partial charge in [0.1, 0.15) is 24.4 Å². The van der Waals surface area contributed by atoms with Gasteiger partial charge in [0.2, 0.25) is 5.88 Å². The Labute approximate surface area is 226 Å². The molecule has 0 N–H and O–H groups in total. The zero-order chi connectivity index (χ0) is 26.5. The fourth-order valence-corrected chi connectivity index (χ4v) is 5.57. The van der Waals surface area contributed by atoms with Crippen molar-refractivity contribution in [2.24, 2.45) is 0 Å². The van der Waals surface area contributed by atoms with Crippen LogP contribution in [0.15, 0.2) is 91.3 Å². The van der Waals surface area contributed by atoms with Crippen LogP contribution in [0, 0.1) is 6.92 Å². The molecule has 6 heteroatoms. The summed E-state index contributed by atoms with van der Waals surface area (Å²) in [7, 11) is 0. The zero-order valence-electron chi connectivity index (χ0n) is 22.1. The maximum absolute atomic E-state index is 6.42. The Balaban J connectivity index is 1.36. The summed E-state index contributed by atoms with van der Waals surface area (Å²) in [6.07, 6.45) is 1.67. The first-order valence-electron chi connectivity index (χ1n) is 13.3. The SMILES string of the molecule is Cc1ccc(C(C)C)c(OCc2nc3c4c(ncn3n2)Oc2ccc3ccccc3c2C4c2ccccc2)c1. The number of ether oxygens (including phenoxy) is 2. The van der Waals surface area contributed by atoms with E-state index in [4.69, 9.17) is 19.6 Å². The fraction of sp³-hybridized carbons (Fsp3) is 0.182. The van der Waals surface area contributed by atoms with Gasteiger partial charge in [-0.25, -0.2) is 14.5 Å². The highest BCUT2D eigenvalue weighted by Gasteiger charge is 2.34. The van der Waals surface area contributed by atoms with Crippen LogP contribution >= 0.6 is 0 Å². The topological polar surface area (TPSA) is 61.5 Å². The predicted molar refractivity (Wildman–Crippen MR) is 152 cm³/mol. The van der Waals surface area contributed by atoms with Crippen LogP contribution in [0.5, 0.6) is 17.4 Å². The van der Waals surface area contributed by atoms with Gasteiger partial charge in [0.05, 0.1) is 5.56 Å². The fourth-order valence-electron chi connectivity index (χ4n) is 5.57. The van der Waals surface area contributed by atoms with Gasteiger partial charge >= 0.3 is 0 Å². The summed E-state index contributed by atoms with van der Waals surface area (Å²) in [6, 6.07) is 29.4. The smallest absolute Gasteiger partial charge is 0.228 e. The molecule has 0 fully saturated rings. The van der Waals surface area contributed by atoms with E-state index in [0.29, 0.717) is 17.6 Å². The number of hydrogen-bond donors (Lipinski definition) is 0. The highest BCUT2D eigenvalue weighted by Crippen LogP contribution is 2.50. The third-order valence-corrected chi connectivity index (χ3v) is 7.43. The Morgan fingerprint density at radius 2 is 1.74 bits per heavy atom. The van der Waals surface area contributed by atoms with Crippen LogP contribution < -0.4 is 9.47 Å². The Bertz CT molecular complexity index is 1840. The van der Waals surface area contributed by atoms with Gasteiger partial charge in [-0.15, -0.1) is 5.10 Å². The van der Waals surface area contributed by atoms with Crippen LogP contribution in [0.2, 0.25) is 0 Å². The molecule has 1 aliphatic heterocycles. The maximum atomic E-state index is 6.42. The van der Waals surface area contributed by atoms with Crippen LogP contribution in [0.25, 0.3) is 16.4 Å². The summed E-state index contributed by atoms with van der Waals surface area (Å²) in [5.74, 6) is 3.07. The minimum absolute atomic E-state index is 0.116. The minimum Gasteiger partial charge on any atom is -0.485 e. The van der Waals surface area contributed by atoms with Gasteiger partial charge in [-0.2, -0.15) is 0 Å². The average molecular weight is 513 g/mol. The monoisotopic (exact) mass is 512 g/mol. The molecule has 6 nitrogen and oxygen atoms in total. The van der Waals surface area contributed by atoms with Gasteiger partial charge in [-0.1, -0.05) is 86.6 Å². The van der Waals surface area contributed by atoms with Crippen LogP contribution in [0.1, 0.15) is 59.3 Å². The van der Waals surface area contributed by atoms with E-state index in [1.807, 2.05) is 12.1 Å². The van der Waals surface area contributed by atoms with E-state index in [2.05, 4.69) is 98.6 Å². The molecule has 0 aliphatic carbocycles. The standard InChI is InChI=1S/C33H28N4O2/c1-20(2)24-15-13-21(3)17-27(24)38-18-28-35-32-31-29(23-10-5-4-6-11-23)30-25-12-8-7-9-22(25)14-16-26(30)39-33(31)34-19-37(32)36-28/h4-17,19-20,29H,18H2,1-3H3. The highest BCUT2D eigenvalue weighted by molar-refractivity contribution is 5.90. The normalized spacial score (nSPS) is 14.3. The molecule has 39 heavy (non-hydrogen) atoms. The van der Waals surface area contributed by atoms with Gasteiger partial charge in [0.15, 0.2) is 11.5 Å². The second kappa shape index (κ2) is 9.24. The van der Waals surface area contributed by atoms with Crippen LogP contribution in [-0.4, -0.2) is 19.6 Å². The van der Waals surface area contributed by atoms with Crippen molar-refractivity contribution < 1.29 is 9.47 Å². The van der Waals surface area contributed by atoms with Gasteiger partial charge in [-0.05, 0) is 52.4 Å². The van der Waals surface area contributed by atoms with Crippen molar-refractivity contribution in [3.63, 3.8) is 0 Å². The average Bonchev–Trinajstić information content (AvgIpc) is 3.38. The summed E-state index contributed by atoms with van der Waals surface area (Å²) < 4.78 is 14.4. The second-order valence-corrected chi connectivity index (χ2v) is 10.4. The number of hydrogen-bond acceptors (Lipinski definition) is 5. The molecule has 0 spiro atoms. The summed E-state index contributed by atoms with van der Waals surface area (Å²) >= 11 is 0. The third-order valence-electron chi connectivity index (χ3n) is 7.43. The lowest BCUT2D eigenvalue weighted by Crippen LogP contribution is -2.15. The summed E-state index contributed by atoms with van der Waals surface area (Å²) in [4.78, 5) is 9.65. The van der Waals surface area contributed by atoms with Gasteiger partial charge in [0, 0.05) is 11.5 Å². The van der Waals surface area contributed by atoms with Crippen molar-refractivity contribution >= 4 is 16.4 Å². The van der Waals surface area contributed by atoms with Gasteiger partial charge in [0.25, 0.3) is 0 Å². The first-order chi connectivity index (χ1) is 19.1. The lowest BCUT2D eigenvalue weighted by molar-refractivity contribution is 0.291. The van der Waals surface area contributed by atoms with E-state index >= 15 is 0 Å². The quantitative estimate of drug-likeness (QED) is 0.238. The lowest BCUT2D eigenvalue weighted by atomic mass is 9.81. The molecule has 1 atom stereocenters. The van der Waals surface area contributed by atoms with E-state index in [1.165, 1.54) is 10.9 Å². The van der Waals surface area contributed by atoms with Gasteiger partial charge < -0.3 is 9.47 Å². The van der Waals surface area contributed by atoms with Crippen molar-refractivity contribution in [2.45, 2.75) is 39.2 Å². The number of aromatic nitrogens is 4. The van der Waals surface area contributed by atoms with E-state index < -0.39 is 0 Å². The predicted octanol–water partition coefficient (Wildman–Crippen LogP) is 7.57. The molecule has 4 aromatic carbocycles. The van der Waals surface area contributed by atoms with Crippen LogP contribution in [0.4, 0.5) is 0 Å².